The number of carboxylic acids is 1. The third kappa shape index (κ3) is 6.72. The third-order valence-corrected chi connectivity index (χ3v) is 7.81. The van der Waals surface area contributed by atoms with Crippen molar-refractivity contribution in [2.75, 3.05) is 19.3 Å². The van der Waals surface area contributed by atoms with Crippen molar-refractivity contribution in [1.82, 2.24) is 15.2 Å². The molecule has 0 saturated carbocycles. The number of hydrogen-bond acceptors (Lipinski definition) is 6. The minimum absolute atomic E-state index is 0.136. The fourth-order valence-electron chi connectivity index (χ4n) is 3.50. The number of carboxylic acid groups (broad SMARTS) is 1. The summed E-state index contributed by atoms with van der Waals surface area (Å²) in [6.45, 7) is 0.815. The fourth-order valence-corrected chi connectivity index (χ4v) is 5.24. The van der Waals surface area contributed by atoms with E-state index in [1.807, 2.05) is 18.4 Å². The van der Waals surface area contributed by atoms with Crippen LogP contribution in [-0.2, 0) is 20.8 Å². The van der Waals surface area contributed by atoms with Crippen molar-refractivity contribution >= 4 is 70.2 Å². The van der Waals surface area contributed by atoms with E-state index in [9.17, 15) is 19.5 Å². The van der Waals surface area contributed by atoms with Crippen LogP contribution in [0, 0.1) is 5.92 Å². The molecule has 1 atom stereocenters. The summed E-state index contributed by atoms with van der Waals surface area (Å²) in [6, 6.07) is 2.63. The van der Waals surface area contributed by atoms with Crippen molar-refractivity contribution in [1.29, 1.82) is 0 Å². The van der Waals surface area contributed by atoms with Crippen molar-refractivity contribution in [3.63, 3.8) is 0 Å². The van der Waals surface area contributed by atoms with Gasteiger partial charge in [0.1, 0.15) is 6.04 Å². The van der Waals surface area contributed by atoms with Crippen LogP contribution in [0.5, 0.6) is 0 Å². The SMILES string of the molecule is CSc1ccc(/C=C/C(=O)N2CCC(C(=O)N[C@@H](Cc3cscn3)C(=O)O)CC2)c(Cl)c1Cl. The zero-order valence-corrected chi connectivity index (χ0v) is 20.9. The van der Waals surface area contributed by atoms with Crippen LogP contribution in [0.1, 0.15) is 24.1 Å². The van der Waals surface area contributed by atoms with Crippen LogP contribution >= 0.6 is 46.3 Å². The predicted molar refractivity (Wildman–Crippen MR) is 132 cm³/mol. The summed E-state index contributed by atoms with van der Waals surface area (Å²) in [5.41, 5.74) is 2.91. The zero-order chi connectivity index (χ0) is 24.0. The van der Waals surface area contributed by atoms with E-state index in [1.165, 1.54) is 29.2 Å². The van der Waals surface area contributed by atoms with Gasteiger partial charge < -0.3 is 15.3 Å². The maximum atomic E-state index is 12.6. The quantitative estimate of drug-likeness (QED) is 0.393. The second-order valence-corrected chi connectivity index (χ2v) is 9.82. The predicted octanol–water partition coefficient (Wildman–Crippen LogP) is 4.24. The molecule has 0 bridgehead atoms. The molecule has 11 heteroatoms. The normalized spacial score (nSPS) is 15.5. The second kappa shape index (κ2) is 11.9. The molecule has 0 aliphatic carbocycles. The number of rotatable bonds is 8. The summed E-state index contributed by atoms with van der Waals surface area (Å²) in [4.78, 5) is 43.3. The molecule has 1 aliphatic heterocycles. The first-order chi connectivity index (χ1) is 15.8. The summed E-state index contributed by atoms with van der Waals surface area (Å²) in [5.74, 6) is -1.93. The first-order valence-electron chi connectivity index (χ1n) is 10.2. The van der Waals surface area contributed by atoms with Gasteiger partial charge in [-0.1, -0.05) is 29.3 Å². The zero-order valence-electron chi connectivity index (χ0n) is 17.8. The maximum Gasteiger partial charge on any atom is 0.326 e. The molecule has 33 heavy (non-hydrogen) atoms. The van der Waals surface area contributed by atoms with E-state index in [2.05, 4.69) is 10.3 Å². The van der Waals surface area contributed by atoms with Crippen LogP contribution < -0.4 is 5.32 Å². The number of carbonyl (C=O) groups excluding carboxylic acids is 2. The number of nitrogens with zero attached hydrogens (tertiary/aromatic N) is 2. The molecule has 1 fully saturated rings. The van der Waals surface area contributed by atoms with E-state index in [1.54, 1.807) is 21.9 Å². The third-order valence-electron chi connectivity index (χ3n) is 5.39. The lowest BCUT2D eigenvalue weighted by molar-refractivity contribution is -0.142. The number of piperidine rings is 1. The summed E-state index contributed by atoms with van der Waals surface area (Å²) < 4.78 is 0. The van der Waals surface area contributed by atoms with Gasteiger partial charge in [-0.3, -0.25) is 9.59 Å². The molecular formula is C22H23Cl2N3O4S2. The number of aliphatic carboxylic acids is 1. The number of nitrogens with one attached hydrogen (secondary N) is 1. The lowest BCUT2D eigenvalue weighted by atomic mass is 9.95. The lowest BCUT2D eigenvalue weighted by Gasteiger charge is -2.31. The molecule has 1 aromatic heterocycles. The van der Waals surface area contributed by atoms with E-state index < -0.39 is 12.0 Å². The van der Waals surface area contributed by atoms with Gasteiger partial charge in [0.15, 0.2) is 0 Å². The second-order valence-electron chi connectivity index (χ2n) is 7.50. The molecule has 2 heterocycles. The molecule has 7 nitrogen and oxygen atoms in total. The Morgan fingerprint density at radius 2 is 2.03 bits per heavy atom. The Morgan fingerprint density at radius 3 is 2.64 bits per heavy atom. The van der Waals surface area contributed by atoms with Gasteiger partial charge in [0.25, 0.3) is 0 Å². The van der Waals surface area contributed by atoms with Crippen molar-refractivity contribution in [2.45, 2.75) is 30.2 Å². The standard InChI is InChI=1S/C22H23Cl2N3O4S2/c1-32-17-4-2-13(19(23)20(17)24)3-5-18(28)27-8-6-14(7-9-27)21(29)26-16(22(30)31)10-15-11-33-12-25-15/h2-5,11-12,14,16H,6-10H2,1H3,(H,26,29)(H,30,31)/b5-3+/t16-/m0/s1. The van der Waals surface area contributed by atoms with Crippen LogP contribution in [0.15, 0.2) is 34.0 Å². The molecule has 176 valence electrons. The van der Waals surface area contributed by atoms with Gasteiger partial charge in [-0.05, 0) is 36.8 Å². The van der Waals surface area contributed by atoms with Crippen molar-refractivity contribution in [2.24, 2.45) is 5.92 Å². The number of aromatic nitrogens is 1. The largest absolute Gasteiger partial charge is 0.480 e. The molecule has 2 aromatic rings. The Hall–Kier alpha value is -2.07. The number of likely N-dealkylation sites (tertiary alicyclic amines) is 1. The minimum Gasteiger partial charge on any atom is -0.480 e. The van der Waals surface area contributed by atoms with Crippen molar-refractivity contribution < 1.29 is 19.5 Å². The maximum absolute atomic E-state index is 12.6. The number of benzene rings is 1. The van der Waals surface area contributed by atoms with Gasteiger partial charge >= 0.3 is 5.97 Å². The molecule has 2 N–H and O–H groups in total. The van der Waals surface area contributed by atoms with Crippen LogP contribution in [-0.4, -0.2) is 58.2 Å². The van der Waals surface area contributed by atoms with Gasteiger partial charge in [-0.15, -0.1) is 23.1 Å². The Morgan fingerprint density at radius 1 is 1.30 bits per heavy atom. The van der Waals surface area contributed by atoms with E-state index in [-0.39, 0.29) is 24.2 Å². The number of hydrogen-bond donors (Lipinski definition) is 2. The van der Waals surface area contributed by atoms with Crippen LogP contribution in [0.25, 0.3) is 6.08 Å². The van der Waals surface area contributed by atoms with E-state index in [0.29, 0.717) is 47.2 Å². The van der Waals surface area contributed by atoms with Crippen molar-refractivity contribution in [3.05, 3.63) is 50.4 Å². The van der Waals surface area contributed by atoms with Gasteiger partial charge in [-0.2, -0.15) is 0 Å². The summed E-state index contributed by atoms with van der Waals surface area (Å²) in [6.07, 6.45) is 6.05. The number of amides is 2. The summed E-state index contributed by atoms with van der Waals surface area (Å²) in [5, 5.41) is 14.7. The van der Waals surface area contributed by atoms with Gasteiger partial charge in [0.2, 0.25) is 11.8 Å². The highest BCUT2D eigenvalue weighted by Crippen LogP contribution is 2.35. The number of thioether (sulfide) groups is 1. The molecule has 2 amide bonds. The smallest absolute Gasteiger partial charge is 0.326 e. The fraction of sp³-hybridized carbons (Fsp3) is 0.364. The number of halogens is 2. The first kappa shape index (κ1) is 25.6. The van der Waals surface area contributed by atoms with Crippen LogP contribution in [0.2, 0.25) is 10.0 Å². The van der Waals surface area contributed by atoms with E-state index in [4.69, 9.17) is 23.2 Å². The Bertz CT molecular complexity index is 1040. The molecule has 1 aromatic carbocycles. The monoisotopic (exact) mass is 527 g/mol. The van der Waals surface area contributed by atoms with E-state index in [0.717, 1.165) is 4.90 Å². The molecule has 0 spiro atoms. The molecule has 1 saturated heterocycles. The Balaban J connectivity index is 1.53. The van der Waals surface area contributed by atoms with Crippen molar-refractivity contribution in [3.8, 4) is 0 Å². The van der Waals surface area contributed by atoms with E-state index >= 15 is 0 Å². The molecular weight excluding hydrogens is 505 g/mol. The average Bonchev–Trinajstić information content (AvgIpc) is 3.32. The van der Waals surface area contributed by atoms with Crippen LogP contribution in [0.3, 0.4) is 0 Å². The molecule has 3 rings (SSSR count). The van der Waals surface area contributed by atoms with Gasteiger partial charge in [0.05, 0.1) is 21.2 Å². The lowest BCUT2D eigenvalue weighted by Crippen LogP contribution is -2.48. The summed E-state index contributed by atoms with van der Waals surface area (Å²) in [7, 11) is 0. The minimum atomic E-state index is -1.10. The summed E-state index contributed by atoms with van der Waals surface area (Å²) >= 11 is 15.4. The topological polar surface area (TPSA) is 99.6 Å². The molecule has 0 unspecified atom stereocenters. The molecule has 1 aliphatic rings. The highest BCUT2D eigenvalue weighted by atomic mass is 35.5. The average molecular weight is 528 g/mol. The number of thiazole rings is 1. The number of carbonyl (C=O) groups is 3. The Labute approximate surface area is 210 Å². The van der Waals surface area contributed by atoms with Gasteiger partial charge in [-0.25, -0.2) is 9.78 Å². The first-order valence-corrected chi connectivity index (χ1v) is 13.1. The molecule has 0 radical (unpaired) electrons. The highest BCUT2D eigenvalue weighted by Gasteiger charge is 2.30. The van der Waals surface area contributed by atoms with Gasteiger partial charge in [0, 0.05) is 41.8 Å². The highest BCUT2D eigenvalue weighted by molar-refractivity contribution is 7.98. The Kier molecular flexibility index (Phi) is 9.19. The van der Waals surface area contributed by atoms with Crippen LogP contribution in [0.4, 0.5) is 0 Å².